The molecule has 11 heteroatoms. The summed E-state index contributed by atoms with van der Waals surface area (Å²) < 4.78 is 14.1. The molecule has 0 fully saturated rings. The van der Waals surface area contributed by atoms with Crippen molar-refractivity contribution in [3.05, 3.63) is 40.3 Å². The van der Waals surface area contributed by atoms with Crippen LogP contribution in [-0.2, 0) is 24.6 Å². The molecule has 0 bridgehead atoms. The fraction of sp³-hybridized carbons (Fsp3) is 0.300. The first-order chi connectivity index (χ1) is 14.6. The maximum Gasteiger partial charge on any atom is 0.356 e. The highest BCUT2D eigenvalue weighted by atomic mass is 16.5. The Balaban J connectivity index is 2.46. The van der Waals surface area contributed by atoms with Crippen LogP contribution in [0.1, 0.15) is 60.7 Å². The van der Waals surface area contributed by atoms with Crippen LogP contribution >= 0.6 is 0 Å². The molecule has 1 aliphatic rings. The summed E-state index contributed by atoms with van der Waals surface area (Å²) in [5.41, 5.74) is -3.94. The monoisotopic (exact) mass is 430 g/mol. The summed E-state index contributed by atoms with van der Waals surface area (Å²) in [6.45, 7) is 1.16. The van der Waals surface area contributed by atoms with Crippen molar-refractivity contribution in [2.75, 3.05) is 21.3 Å². The lowest BCUT2D eigenvalue weighted by molar-refractivity contribution is -0.121. The number of aliphatic hydroxyl groups is 1. The van der Waals surface area contributed by atoms with E-state index in [1.54, 1.807) is 0 Å². The molecule has 162 valence electrons. The number of rotatable bonds is 5. The molecule has 0 saturated carbocycles. The van der Waals surface area contributed by atoms with E-state index in [1.165, 1.54) is 0 Å². The molecule has 0 aliphatic heterocycles. The number of fused-ring (bicyclic) bond motifs is 3. The van der Waals surface area contributed by atoms with Crippen molar-refractivity contribution >= 4 is 29.5 Å². The highest BCUT2D eigenvalue weighted by Gasteiger charge is 2.50. The number of esters is 3. The summed E-state index contributed by atoms with van der Waals surface area (Å²) in [7, 11) is 3.31. The van der Waals surface area contributed by atoms with Gasteiger partial charge in [-0.15, -0.1) is 0 Å². The minimum absolute atomic E-state index is 0.0158. The lowest BCUT2D eigenvalue weighted by Crippen LogP contribution is -2.42. The molecule has 2 heterocycles. The van der Waals surface area contributed by atoms with Gasteiger partial charge in [0.1, 0.15) is 17.2 Å². The van der Waals surface area contributed by atoms with E-state index >= 15 is 0 Å². The summed E-state index contributed by atoms with van der Waals surface area (Å²) in [6.07, 6.45) is -0.685. The van der Waals surface area contributed by atoms with Gasteiger partial charge in [-0.1, -0.05) is 0 Å². The molecule has 2 aromatic heterocycles. The number of Topliss-reactive ketones (excluding diaryl/α,β-unsaturated/α-hetero) is 2. The summed E-state index contributed by atoms with van der Waals surface area (Å²) in [6, 6.07) is 2.22. The van der Waals surface area contributed by atoms with E-state index < -0.39 is 47.2 Å². The van der Waals surface area contributed by atoms with Gasteiger partial charge in [0.2, 0.25) is 5.78 Å². The number of H-pyrrole nitrogens is 1. The fourth-order valence-electron chi connectivity index (χ4n) is 3.48. The zero-order chi connectivity index (χ0) is 23.1. The minimum atomic E-state index is -2.50. The molecule has 1 atom stereocenters. The van der Waals surface area contributed by atoms with Crippen LogP contribution in [0.25, 0.3) is 11.3 Å². The molecule has 0 aromatic carbocycles. The first-order valence-corrected chi connectivity index (χ1v) is 8.89. The number of carbonyl (C=O) groups is 5. The third kappa shape index (κ3) is 3.38. The number of ketones is 2. The summed E-state index contributed by atoms with van der Waals surface area (Å²) >= 11 is 0. The molecule has 2 N–H and O–H groups in total. The number of nitrogens with one attached hydrogen (secondary N) is 1. The molecule has 1 aliphatic carbocycles. The number of carbonyl (C=O) groups excluding carboxylic acids is 5. The average molecular weight is 430 g/mol. The van der Waals surface area contributed by atoms with Crippen molar-refractivity contribution in [2.45, 2.75) is 18.9 Å². The average Bonchev–Trinajstić information content (AvgIpc) is 3.20. The zero-order valence-electron chi connectivity index (χ0n) is 17.0. The lowest BCUT2D eigenvalue weighted by atomic mass is 9.76. The van der Waals surface area contributed by atoms with Gasteiger partial charge in [0.15, 0.2) is 5.60 Å². The Morgan fingerprint density at radius 3 is 2.19 bits per heavy atom. The van der Waals surface area contributed by atoms with Crippen molar-refractivity contribution in [1.29, 1.82) is 0 Å². The van der Waals surface area contributed by atoms with Crippen LogP contribution in [0.3, 0.4) is 0 Å². The van der Waals surface area contributed by atoms with Crippen molar-refractivity contribution in [2.24, 2.45) is 0 Å². The Kier molecular flexibility index (Phi) is 5.47. The molecule has 0 radical (unpaired) electrons. The number of aromatic amines is 1. The highest BCUT2D eigenvalue weighted by Crippen LogP contribution is 2.45. The minimum Gasteiger partial charge on any atom is -0.465 e. The largest absolute Gasteiger partial charge is 0.465 e. The Labute approximate surface area is 175 Å². The van der Waals surface area contributed by atoms with Gasteiger partial charge < -0.3 is 24.3 Å². The van der Waals surface area contributed by atoms with E-state index in [-0.39, 0.29) is 33.8 Å². The molecule has 0 saturated heterocycles. The van der Waals surface area contributed by atoms with E-state index in [1.807, 2.05) is 0 Å². The van der Waals surface area contributed by atoms with Gasteiger partial charge in [0, 0.05) is 17.5 Å². The smallest absolute Gasteiger partial charge is 0.356 e. The van der Waals surface area contributed by atoms with Crippen molar-refractivity contribution < 1.29 is 43.3 Å². The second-order valence-electron chi connectivity index (χ2n) is 6.79. The standard InChI is InChI=1S/C20H18N2O9/c1-8(23)7-20(28)15-13(9(17(25)29-2)5-12(22-15)19(27)31-4)14-10(16(20)24)6-11(21-14)18(26)30-3/h5-6,21,28H,7H2,1-4H3. The molecular formula is C20H18N2O9. The van der Waals surface area contributed by atoms with Crippen LogP contribution in [0.2, 0.25) is 0 Å². The number of hydrogen-bond donors (Lipinski definition) is 2. The predicted molar refractivity (Wildman–Crippen MR) is 102 cm³/mol. The number of ether oxygens (including phenoxy) is 3. The van der Waals surface area contributed by atoms with Crippen LogP contribution in [-0.4, -0.2) is 65.9 Å². The molecule has 2 aromatic rings. The second kappa shape index (κ2) is 7.76. The van der Waals surface area contributed by atoms with Gasteiger partial charge in [-0.25, -0.2) is 19.4 Å². The normalized spacial score (nSPS) is 16.7. The van der Waals surface area contributed by atoms with Gasteiger partial charge >= 0.3 is 17.9 Å². The fourth-order valence-corrected chi connectivity index (χ4v) is 3.48. The van der Waals surface area contributed by atoms with E-state index in [4.69, 9.17) is 4.74 Å². The van der Waals surface area contributed by atoms with Crippen molar-refractivity contribution in [3.63, 3.8) is 0 Å². The third-order valence-electron chi connectivity index (χ3n) is 4.81. The van der Waals surface area contributed by atoms with Gasteiger partial charge in [-0.2, -0.15) is 0 Å². The highest BCUT2D eigenvalue weighted by molar-refractivity contribution is 6.16. The topological polar surface area (TPSA) is 162 Å². The van der Waals surface area contributed by atoms with Crippen molar-refractivity contribution in [3.8, 4) is 11.3 Å². The second-order valence-corrected chi connectivity index (χ2v) is 6.79. The van der Waals surface area contributed by atoms with Gasteiger partial charge in [0.25, 0.3) is 0 Å². The number of pyridine rings is 1. The molecule has 0 amide bonds. The van der Waals surface area contributed by atoms with Crippen LogP contribution in [0.5, 0.6) is 0 Å². The molecule has 3 rings (SSSR count). The number of hydrogen-bond acceptors (Lipinski definition) is 10. The van der Waals surface area contributed by atoms with Crippen LogP contribution in [0.15, 0.2) is 12.1 Å². The number of aromatic nitrogens is 2. The molecule has 11 nitrogen and oxygen atoms in total. The van der Waals surface area contributed by atoms with Crippen LogP contribution in [0.4, 0.5) is 0 Å². The summed E-state index contributed by atoms with van der Waals surface area (Å²) in [5.74, 6) is -4.17. The lowest BCUT2D eigenvalue weighted by Gasteiger charge is -2.32. The zero-order valence-corrected chi connectivity index (χ0v) is 17.0. The molecule has 1 unspecified atom stereocenters. The summed E-state index contributed by atoms with van der Waals surface area (Å²) in [4.78, 5) is 68.5. The molecular weight excluding hydrogens is 412 g/mol. The Bertz CT molecular complexity index is 1150. The number of nitrogens with zero attached hydrogens (tertiary/aromatic N) is 1. The van der Waals surface area contributed by atoms with Crippen LogP contribution in [0, 0.1) is 0 Å². The van der Waals surface area contributed by atoms with E-state index in [2.05, 4.69) is 19.4 Å². The van der Waals surface area contributed by atoms with Crippen molar-refractivity contribution in [1.82, 2.24) is 9.97 Å². The SMILES string of the molecule is COC(=O)c1cc(C(=O)OC)c2c(n1)C(O)(CC(C)=O)C(=O)c1cc(C(=O)OC)[nH]c1-2. The maximum atomic E-state index is 13.2. The van der Waals surface area contributed by atoms with Crippen LogP contribution < -0.4 is 0 Å². The third-order valence-corrected chi connectivity index (χ3v) is 4.81. The van der Waals surface area contributed by atoms with Gasteiger partial charge in [-0.3, -0.25) is 9.59 Å². The quantitative estimate of drug-likeness (QED) is 0.512. The Hall–Kier alpha value is -3.86. The maximum absolute atomic E-state index is 13.2. The number of methoxy groups -OCH3 is 3. The molecule has 31 heavy (non-hydrogen) atoms. The van der Waals surface area contributed by atoms with E-state index in [0.29, 0.717) is 0 Å². The predicted octanol–water partition coefficient (Wildman–Crippen LogP) is 0.799. The van der Waals surface area contributed by atoms with Gasteiger partial charge in [0.05, 0.1) is 38.3 Å². The van der Waals surface area contributed by atoms with E-state index in [9.17, 15) is 29.1 Å². The first kappa shape index (κ1) is 21.8. The van der Waals surface area contributed by atoms with Gasteiger partial charge in [-0.05, 0) is 19.1 Å². The van der Waals surface area contributed by atoms with E-state index in [0.717, 1.165) is 40.4 Å². The first-order valence-electron chi connectivity index (χ1n) is 8.89. The Morgan fingerprint density at radius 1 is 1.03 bits per heavy atom. The summed E-state index contributed by atoms with van der Waals surface area (Å²) in [5, 5.41) is 11.3. The molecule has 0 spiro atoms. The Morgan fingerprint density at radius 2 is 1.65 bits per heavy atom.